The first kappa shape index (κ1) is 25.0. The van der Waals surface area contributed by atoms with Gasteiger partial charge in [-0.2, -0.15) is 10.2 Å². The number of nitriles is 1. The van der Waals surface area contributed by atoms with E-state index < -0.39 is 0 Å². The van der Waals surface area contributed by atoms with Gasteiger partial charge in [0.05, 0.1) is 46.2 Å². The van der Waals surface area contributed by atoms with Gasteiger partial charge in [0.2, 0.25) is 17.8 Å². The minimum absolute atomic E-state index is 0.00315. The van der Waals surface area contributed by atoms with Gasteiger partial charge >= 0.3 is 0 Å². The van der Waals surface area contributed by atoms with Gasteiger partial charge in [0.25, 0.3) is 0 Å². The standard InChI is InChI=1S/C23H26Cl2N8O2/c1-2-14(11-34)29-22-28-10-18-21(32-22)33(15-5-3-13(4-6-15)20(27)35)23(30-18)31-19-16(24)7-12(9-26)8-17(19)25/h7-8,10,13-15,34H,2-6,11H2,1H3,(H2,27,35)(H,30,31)(H,28,29,32). The lowest BCUT2D eigenvalue weighted by Gasteiger charge is -2.29. The third-order valence-corrected chi connectivity index (χ3v) is 6.95. The predicted octanol–water partition coefficient (Wildman–Crippen LogP) is 4.15. The van der Waals surface area contributed by atoms with Gasteiger partial charge in [0.15, 0.2) is 5.65 Å². The number of rotatable bonds is 8. The number of amides is 1. The number of fused-ring (bicyclic) bond motifs is 1. The zero-order chi connectivity index (χ0) is 25.1. The Hall–Kier alpha value is -3.13. The zero-order valence-electron chi connectivity index (χ0n) is 19.1. The van der Waals surface area contributed by atoms with Crippen LogP contribution in [0.15, 0.2) is 18.3 Å². The summed E-state index contributed by atoms with van der Waals surface area (Å²) in [6, 6.07) is 4.91. The summed E-state index contributed by atoms with van der Waals surface area (Å²) in [6.45, 7) is 1.91. The van der Waals surface area contributed by atoms with Crippen molar-refractivity contribution in [2.24, 2.45) is 11.7 Å². The Morgan fingerprint density at radius 3 is 2.54 bits per heavy atom. The van der Waals surface area contributed by atoms with E-state index in [1.807, 2.05) is 17.6 Å². The van der Waals surface area contributed by atoms with Crippen LogP contribution in [-0.2, 0) is 4.79 Å². The third-order valence-electron chi connectivity index (χ3n) is 6.35. The molecule has 0 spiro atoms. The van der Waals surface area contributed by atoms with E-state index in [9.17, 15) is 15.2 Å². The summed E-state index contributed by atoms with van der Waals surface area (Å²) in [7, 11) is 0. The molecule has 1 aromatic carbocycles. The Bertz CT molecular complexity index is 1250. The fourth-order valence-electron chi connectivity index (χ4n) is 4.34. The molecule has 1 aliphatic rings. The van der Waals surface area contributed by atoms with Crippen molar-refractivity contribution in [1.29, 1.82) is 5.26 Å². The number of halogens is 2. The molecule has 1 aliphatic carbocycles. The van der Waals surface area contributed by atoms with Crippen molar-refractivity contribution in [3.63, 3.8) is 0 Å². The number of hydrogen-bond donors (Lipinski definition) is 4. The van der Waals surface area contributed by atoms with Crippen molar-refractivity contribution in [2.45, 2.75) is 51.1 Å². The Kier molecular flexibility index (Phi) is 7.60. The van der Waals surface area contributed by atoms with Crippen molar-refractivity contribution in [1.82, 2.24) is 19.5 Å². The highest BCUT2D eigenvalue weighted by Gasteiger charge is 2.29. The number of imidazole rings is 1. The monoisotopic (exact) mass is 516 g/mol. The molecule has 2 heterocycles. The number of aliphatic hydroxyl groups excluding tert-OH is 1. The molecule has 5 N–H and O–H groups in total. The topological polar surface area (TPSA) is 155 Å². The summed E-state index contributed by atoms with van der Waals surface area (Å²) in [6.07, 6.45) is 5.07. The molecule has 1 fully saturated rings. The lowest BCUT2D eigenvalue weighted by Crippen LogP contribution is -2.29. The number of carbonyl (C=O) groups is 1. The molecular weight excluding hydrogens is 491 g/mol. The molecule has 0 aliphatic heterocycles. The lowest BCUT2D eigenvalue weighted by atomic mass is 9.85. The molecule has 0 saturated heterocycles. The van der Waals surface area contributed by atoms with Gasteiger partial charge in [-0.25, -0.2) is 9.97 Å². The molecule has 2 aromatic heterocycles. The second-order valence-corrected chi connectivity index (χ2v) is 9.41. The van der Waals surface area contributed by atoms with Crippen molar-refractivity contribution in [3.05, 3.63) is 33.9 Å². The van der Waals surface area contributed by atoms with Crippen molar-refractivity contribution in [3.8, 4) is 6.07 Å². The Morgan fingerprint density at radius 1 is 1.29 bits per heavy atom. The van der Waals surface area contributed by atoms with Crippen LogP contribution in [-0.4, -0.2) is 43.2 Å². The summed E-state index contributed by atoms with van der Waals surface area (Å²) >= 11 is 12.8. The van der Waals surface area contributed by atoms with E-state index >= 15 is 0 Å². The molecule has 0 radical (unpaired) electrons. The molecule has 0 bridgehead atoms. The van der Waals surface area contributed by atoms with Gasteiger partial charge in [-0.15, -0.1) is 0 Å². The third kappa shape index (κ3) is 5.27. The zero-order valence-corrected chi connectivity index (χ0v) is 20.6. The first-order valence-electron chi connectivity index (χ1n) is 11.4. The number of benzene rings is 1. The molecule has 1 unspecified atom stereocenters. The minimum Gasteiger partial charge on any atom is -0.394 e. The quantitative estimate of drug-likeness (QED) is 0.347. The molecule has 3 aromatic rings. The number of primary amides is 1. The maximum atomic E-state index is 11.7. The molecule has 12 heteroatoms. The van der Waals surface area contributed by atoms with Gasteiger partial charge < -0.3 is 21.5 Å². The van der Waals surface area contributed by atoms with Crippen molar-refractivity contribution < 1.29 is 9.90 Å². The van der Waals surface area contributed by atoms with Crippen molar-refractivity contribution >= 4 is 57.9 Å². The van der Waals surface area contributed by atoms with E-state index in [2.05, 4.69) is 15.6 Å². The van der Waals surface area contributed by atoms with E-state index in [4.69, 9.17) is 38.9 Å². The van der Waals surface area contributed by atoms with Gasteiger partial charge in [-0.05, 0) is 44.2 Å². The number of carbonyl (C=O) groups excluding carboxylic acids is 1. The summed E-state index contributed by atoms with van der Waals surface area (Å²) in [5.41, 5.74) is 7.46. The first-order chi connectivity index (χ1) is 16.8. The fourth-order valence-corrected chi connectivity index (χ4v) is 4.92. The fraction of sp³-hybridized carbons (Fsp3) is 0.435. The second-order valence-electron chi connectivity index (χ2n) is 8.60. The predicted molar refractivity (Wildman–Crippen MR) is 135 cm³/mol. The van der Waals surface area contributed by atoms with E-state index in [0.29, 0.717) is 66.4 Å². The summed E-state index contributed by atoms with van der Waals surface area (Å²) in [5, 5.41) is 25.7. The molecule has 1 saturated carbocycles. The van der Waals surface area contributed by atoms with E-state index in [1.54, 1.807) is 6.20 Å². The van der Waals surface area contributed by atoms with E-state index in [1.165, 1.54) is 12.1 Å². The number of anilines is 3. The maximum absolute atomic E-state index is 11.7. The maximum Gasteiger partial charge on any atom is 0.225 e. The minimum atomic E-state index is -0.281. The first-order valence-corrected chi connectivity index (χ1v) is 12.2. The summed E-state index contributed by atoms with van der Waals surface area (Å²) in [4.78, 5) is 25.4. The molecule has 1 atom stereocenters. The smallest absolute Gasteiger partial charge is 0.225 e. The number of aromatic nitrogens is 4. The van der Waals surface area contributed by atoms with Crippen LogP contribution >= 0.6 is 23.2 Å². The molecule has 184 valence electrons. The van der Waals surface area contributed by atoms with Gasteiger partial charge in [-0.3, -0.25) is 9.36 Å². The average Bonchev–Trinajstić information content (AvgIpc) is 3.21. The molecule has 1 amide bonds. The van der Waals surface area contributed by atoms with Crippen molar-refractivity contribution in [2.75, 3.05) is 17.2 Å². The van der Waals surface area contributed by atoms with Crippen LogP contribution in [0.3, 0.4) is 0 Å². The van der Waals surface area contributed by atoms with Gasteiger partial charge in [0.1, 0.15) is 5.52 Å². The number of nitrogens with two attached hydrogens (primary N) is 1. The van der Waals surface area contributed by atoms with Crippen LogP contribution in [0.5, 0.6) is 0 Å². The van der Waals surface area contributed by atoms with Crippen LogP contribution in [0.4, 0.5) is 17.6 Å². The Morgan fingerprint density at radius 2 is 1.97 bits per heavy atom. The Labute approximate surface area is 212 Å². The highest BCUT2D eigenvalue weighted by Crippen LogP contribution is 2.39. The molecule has 10 nitrogen and oxygen atoms in total. The summed E-state index contributed by atoms with van der Waals surface area (Å²) in [5.74, 6) is 0.418. The van der Waals surface area contributed by atoms with Gasteiger partial charge in [0, 0.05) is 12.0 Å². The number of hydrogen-bond acceptors (Lipinski definition) is 8. The second kappa shape index (κ2) is 10.6. The normalized spacial score (nSPS) is 18.7. The largest absolute Gasteiger partial charge is 0.394 e. The number of nitrogens with one attached hydrogen (secondary N) is 2. The molecule has 35 heavy (non-hydrogen) atoms. The average molecular weight is 517 g/mol. The Balaban J connectivity index is 1.77. The summed E-state index contributed by atoms with van der Waals surface area (Å²) < 4.78 is 1.98. The van der Waals surface area contributed by atoms with Crippen LogP contribution in [0, 0.1) is 17.2 Å². The number of aliphatic hydroxyl groups is 1. The number of nitrogens with zero attached hydrogens (tertiary/aromatic N) is 5. The van der Waals surface area contributed by atoms with Crippen LogP contribution in [0.2, 0.25) is 10.0 Å². The van der Waals surface area contributed by atoms with E-state index in [-0.39, 0.29) is 40.6 Å². The molecule has 4 rings (SSSR count). The van der Waals surface area contributed by atoms with Crippen LogP contribution < -0.4 is 16.4 Å². The highest BCUT2D eigenvalue weighted by atomic mass is 35.5. The van der Waals surface area contributed by atoms with Gasteiger partial charge in [-0.1, -0.05) is 30.1 Å². The SMILES string of the molecule is CCC(CO)Nc1ncc2nc(Nc3c(Cl)cc(C#N)cc3Cl)n(C3CCC(C(N)=O)CC3)c2n1. The van der Waals surface area contributed by atoms with Crippen LogP contribution in [0.1, 0.15) is 50.6 Å². The molecular formula is C23H26Cl2N8O2. The highest BCUT2D eigenvalue weighted by molar-refractivity contribution is 6.39. The van der Waals surface area contributed by atoms with Crippen LogP contribution in [0.25, 0.3) is 11.2 Å². The van der Waals surface area contributed by atoms with E-state index in [0.717, 1.165) is 0 Å². The lowest BCUT2D eigenvalue weighted by molar-refractivity contribution is -0.122.